The Morgan fingerprint density at radius 1 is 1.30 bits per heavy atom. The average Bonchev–Trinajstić information content (AvgIpc) is 2.75. The normalized spacial score (nSPS) is 9.95. The van der Waals surface area contributed by atoms with Crippen LogP contribution in [0.3, 0.4) is 0 Å². The van der Waals surface area contributed by atoms with Crippen LogP contribution >= 0.6 is 0 Å². The summed E-state index contributed by atoms with van der Waals surface area (Å²) in [5.74, 6) is -0.122. The predicted molar refractivity (Wildman–Crippen MR) is 80.8 cm³/mol. The summed E-state index contributed by atoms with van der Waals surface area (Å²) >= 11 is 0. The van der Waals surface area contributed by atoms with E-state index in [9.17, 15) is 4.79 Å². The lowest BCUT2D eigenvalue weighted by molar-refractivity contribution is -0.0757. The molecule has 5 nitrogen and oxygen atoms in total. The third-order valence-electron chi connectivity index (χ3n) is 3.09. The Bertz CT molecular complexity index is 413. The zero-order chi connectivity index (χ0) is 15.7. The monoisotopic (exact) mass is 284 g/mol. The van der Waals surface area contributed by atoms with Gasteiger partial charge < -0.3 is 9.30 Å². The number of nitrogens with zero attached hydrogens (tertiary/aromatic N) is 2. The largest absolute Gasteiger partial charge is 0.385 e. The Hall–Kier alpha value is -1.33. The van der Waals surface area contributed by atoms with Crippen molar-refractivity contribution in [2.75, 3.05) is 27.9 Å². The second-order valence-corrected chi connectivity index (χ2v) is 4.27. The van der Waals surface area contributed by atoms with Crippen LogP contribution in [0.4, 0.5) is 0 Å². The summed E-state index contributed by atoms with van der Waals surface area (Å²) < 4.78 is 7.18. The lowest BCUT2D eigenvalue weighted by atomic mass is 10.2. The zero-order valence-corrected chi connectivity index (χ0v) is 13.8. The van der Waals surface area contributed by atoms with Crippen LogP contribution < -0.4 is 0 Å². The first-order valence-electron chi connectivity index (χ1n) is 7.00. The molecule has 0 radical (unpaired) electrons. The van der Waals surface area contributed by atoms with Gasteiger partial charge in [-0.25, -0.2) is 5.06 Å². The first-order valence-corrected chi connectivity index (χ1v) is 7.00. The Kier molecular flexibility index (Phi) is 8.92. The number of carbonyl (C=O) groups excluding carboxylic acids is 1. The van der Waals surface area contributed by atoms with E-state index in [0.717, 1.165) is 31.0 Å². The molecule has 0 fully saturated rings. The first-order chi connectivity index (χ1) is 9.52. The summed E-state index contributed by atoms with van der Waals surface area (Å²) in [6.07, 6.45) is 0.931. The molecule has 0 bridgehead atoms. The highest BCUT2D eigenvalue weighted by atomic mass is 16.7. The fraction of sp³-hybridized carbons (Fsp3) is 0.667. The number of amides is 1. The van der Waals surface area contributed by atoms with Crippen LogP contribution in [-0.4, -0.2) is 43.4 Å². The van der Waals surface area contributed by atoms with E-state index in [4.69, 9.17) is 9.57 Å². The number of methoxy groups -OCH3 is 1. The number of hydrogen-bond acceptors (Lipinski definition) is 3. The minimum atomic E-state index is -0.122. The third-order valence-corrected chi connectivity index (χ3v) is 3.09. The zero-order valence-electron chi connectivity index (χ0n) is 13.8. The molecule has 0 atom stereocenters. The van der Waals surface area contributed by atoms with E-state index in [2.05, 4.69) is 4.57 Å². The van der Waals surface area contributed by atoms with E-state index in [-0.39, 0.29) is 5.91 Å². The van der Waals surface area contributed by atoms with Gasteiger partial charge in [-0.1, -0.05) is 13.8 Å². The summed E-state index contributed by atoms with van der Waals surface area (Å²) in [6.45, 7) is 9.54. The van der Waals surface area contributed by atoms with Crippen LogP contribution in [0.15, 0.2) is 6.07 Å². The quantitative estimate of drug-likeness (QED) is 0.596. The van der Waals surface area contributed by atoms with Crippen molar-refractivity contribution in [1.82, 2.24) is 9.63 Å². The third kappa shape index (κ3) is 4.65. The Morgan fingerprint density at radius 3 is 2.40 bits per heavy atom. The van der Waals surface area contributed by atoms with Gasteiger partial charge in [-0.2, -0.15) is 0 Å². The standard InChI is InChI=1S/C13H22N2O3.C2H6/c1-10-9-12(13(16)14(3)18-5)11(2)15(10)7-6-8-17-4;1-2/h9H,6-8H2,1-5H3;1-2H3. The molecule has 0 unspecified atom stereocenters. The van der Waals surface area contributed by atoms with E-state index >= 15 is 0 Å². The van der Waals surface area contributed by atoms with Gasteiger partial charge in [0.1, 0.15) is 0 Å². The van der Waals surface area contributed by atoms with Crippen LogP contribution in [0.1, 0.15) is 42.0 Å². The van der Waals surface area contributed by atoms with Crippen molar-refractivity contribution in [2.24, 2.45) is 0 Å². The van der Waals surface area contributed by atoms with Gasteiger partial charge in [-0.05, 0) is 26.3 Å². The molecule has 0 aliphatic carbocycles. The second kappa shape index (κ2) is 9.55. The second-order valence-electron chi connectivity index (χ2n) is 4.27. The van der Waals surface area contributed by atoms with Crippen molar-refractivity contribution in [2.45, 2.75) is 40.7 Å². The van der Waals surface area contributed by atoms with Crippen LogP contribution in [0, 0.1) is 13.8 Å². The van der Waals surface area contributed by atoms with Crippen molar-refractivity contribution < 1.29 is 14.4 Å². The molecular weight excluding hydrogens is 256 g/mol. The molecule has 116 valence electrons. The highest BCUT2D eigenvalue weighted by Crippen LogP contribution is 2.17. The van der Waals surface area contributed by atoms with Gasteiger partial charge in [-0.3, -0.25) is 9.63 Å². The summed E-state index contributed by atoms with van der Waals surface area (Å²) in [7, 11) is 4.78. The van der Waals surface area contributed by atoms with Crippen molar-refractivity contribution >= 4 is 5.91 Å². The van der Waals surface area contributed by atoms with Crippen LogP contribution in [0.25, 0.3) is 0 Å². The molecule has 5 heteroatoms. The Balaban J connectivity index is 0.00000172. The first kappa shape index (κ1) is 18.7. The number of rotatable bonds is 6. The minimum Gasteiger partial charge on any atom is -0.385 e. The molecule has 0 saturated carbocycles. The van der Waals surface area contributed by atoms with Crippen LogP contribution in [-0.2, 0) is 16.1 Å². The number of ether oxygens (including phenoxy) is 1. The molecule has 0 N–H and O–H groups in total. The molecule has 20 heavy (non-hydrogen) atoms. The molecule has 1 amide bonds. The number of hydroxylamine groups is 2. The highest BCUT2D eigenvalue weighted by molar-refractivity contribution is 5.94. The van der Waals surface area contributed by atoms with E-state index in [0.29, 0.717) is 5.56 Å². The predicted octanol–water partition coefficient (Wildman–Crippen LogP) is 2.80. The number of hydrogen-bond donors (Lipinski definition) is 0. The molecule has 1 aromatic rings. The van der Waals surface area contributed by atoms with Gasteiger partial charge in [-0.15, -0.1) is 0 Å². The number of aromatic nitrogens is 1. The Morgan fingerprint density at radius 2 is 1.90 bits per heavy atom. The summed E-state index contributed by atoms with van der Waals surface area (Å²) in [6, 6.07) is 1.90. The molecule has 1 rings (SSSR count). The van der Waals surface area contributed by atoms with E-state index in [1.807, 2.05) is 33.8 Å². The average molecular weight is 284 g/mol. The SMILES string of the molecule is CC.COCCCn1c(C)cc(C(=O)N(C)OC)c1C. The summed E-state index contributed by atoms with van der Waals surface area (Å²) in [5.41, 5.74) is 2.74. The summed E-state index contributed by atoms with van der Waals surface area (Å²) in [5, 5.41) is 1.24. The molecule has 0 spiro atoms. The van der Waals surface area contributed by atoms with Gasteiger partial charge >= 0.3 is 0 Å². The van der Waals surface area contributed by atoms with E-state index in [1.54, 1.807) is 14.2 Å². The fourth-order valence-electron chi connectivity index (χ4n) is 1.98. The molecule has 0 aliphatic heterocycles. The van der Waals surface area contributed by atoms with Gasteiger partial charge in [0, 0.05) is 38.7 Å². The lowest BCUT2D eigenvalue weighted by Crippen LogP contribution is -2.25. The lowest BCUT2D eigenvalue weighted by Gasteiger charge is -2.14. The number of carbonyl (C=O) groups is 1. The maximum atomic E-state index is 12.1. The van der Waals surface area contributed by atoms with Crippen molar-refractivity contribution in [3.63, 3.8) is 0 Å². The minimum absolute atomic E-state index is 0.122. The van der Waals surface area contributed by atoms with Gasteiger partial charge in [0.2, 0.25) is 0 Å². The summed E-state index contributed by atoms with van der Waals surface area (Å²) in [4.78, 5) is 17.0. The maximum absolute atomic E-state index is 12.1. The van der Waals surface area contributed by atoms with Crippen molar-refractivity contribution in [1.29, 1.82) is 0 Å². The van der Waals surface area contributed by atoms with Crippen LogP contribution in [0.5, 0.6) is 0 Å². The van der Waals surface area contributed by atoms with Gasteiger partial charge in [0.25, 0.3) is 5.91 Å². The maximum Gasteiger partial charge on any atom is 0.278 e. The van der Waals surface area contributed by atoms with E-state index < -0.39 is 0 Å². The Labute approximate surface area is 122 Å². The molecule has 1 aromatic heterocycles. The topological polar surface area (TPSA) is 43.7 Å². The van der Waals surface area contributed by atoms with Crippen LogP contribution in [0.2, 0.25) is 0 Å². The van der Waals surface area contributed by atoms with Crippen molar-refractivity contribution in [3.05, 3.63) is 23.0 Å². The number of aryl methyl sites for hydroxylation is 1. The molecule has 0 aliphatic rings. The highest BCUT2D eigenvalue weighted by Gasteiger charge is 2.18. The van der Waals surface area contributed by atoms with E-state index in [1.165, 1.54) is 12.2 Å². The van der Waals surface area contributed by atoms with Crippen molar-refractivity contribution in [3.8, 4) is 0 Å². The van der Waals surface area contributed by atoms with Gasteiger partial charge in [0.05, 0.1) is 12.7 Å². The smallest absolute Gasteiger partial charge is 0.278 e. The molecule has 1 heterocycles. The van der Waals surface area contributed by atoms with Gasteiger partial charge in [0.15, 0.2) is 0 Å². The molecular formula is C15H28N2O3. The molecule has 0 saturated heterocycles. The molecule has 0 aromatic carbocycles. The fourth-order valence-corrected chi connectivity index (χ4v) is 1.98.